The SMILES string of the molecule is CCc1cc(Cl)n2nc(C3CCCCC3)cc2n1. The Labute approximate surface area is 112 Å². The summed E-state index contributed by atoms with van der Waals surface area (Å²) >= 11 is 6.25. The minimum Gasteiger partial charge on any atom is -0.233 e. The molecule has 2 aromatic rings. The van der Waals surface area contributed by atoms with Gasteiger partial charge in [0.25, 0.3) is 0 Å². The van der Waals surface area contributed by atoms with Gasteiger partial charge in [-0.25, -0.2) is 9.50 Å². The van der Waals surface area contributed by atoms with Crippen molar-refractivity contribution < 1.29 is 0 Å². The van der Waals surface area contributed by atoms with E-state index in [9.17, 15) is 0 Å². The highest BCUT2D eigenvalue weighted by atomic mass is 35.5. The van der Waals surface area contributed by atoms with Crippen LogP contribution in [-0.2, 0) is 6.42 Å². The summed E-state index contributed by atoms with van der Waals surface area (Å²) in [6, 6.07) is 4.02. The lowest BCUT2D eigenvalue weighted by molar-refractivity contribution is 0.435. The quantitative estimate of drug-likeness (QED) is 0.767. The van der Waals surface area contributed by atoms with Crippen LogP contribution in [0, 0.1) is 0 Å². The molecule has 0 bridgehead atoms. The molecule has 0 aliphatic heterocycles. The number of hydrogen-bond donors (Lipinski definition) is 0. The predicted molar refractivity (Wildman–Crippen MR) is 73.2 cm³/mol. The smallest absolute Gasteiger partial charge is 0.157 e. The molecule has 0 N–H and O–H groups in total. The van der Waals surface area contributed by atoms with Gasteiger partial charge in [0, 0.05) is 17.7 Å². The lowest BCUT2D eigenvalue weighted by Crippen LogP contribution is -2.05. The lowest BCUT2D eigenvalue weighted by atomic mass is 9.87. The fourth-order valence-corrected chi connectivity index (χ4v) is 3.03. The van der Waals surface area contributed by atoms with Gasteiger partial charge in [0.2, 0.25) is 0 Å². The van der Waals surface area contributed by atoms with E-state index in [-0.39, 0.29) is 0 Å². The zero-order chi connectivity index (χ0) is 12.5. The lowest BCUT2D eigenvalue weighted by Gasteiger charge is -2.18. The number of aromatic nitrogens is 3. The molecule has 3 rings (SSSR count). The first-order valence-corrected chi connectivity index (χ1v) is 7.21. The van der Waals surface area contributed by atoms with Crippen LogP contribution in [0.3, 0.4) is 0 Å². The summed E-state index contributed by atoms with van der Waals surface area (Å²) < 4.78 is 1.77. The largest absolute Gasteiger partial charge is 0.233 e. The Bertz CT molecular complexity index is 555. The summed E-state index contributed by atoms with van der Waals surface area (Å²) in [6.07, 6.45) is 7.41. The highest BCUT2D eigenvalue weighted by molar-refractivity contribution is 6.29. The van der Waals surface area contributed by atoms with E-state index in [4.69, 9.17) is 11.6 Å². The van der Waals surface area contributed by atoms with Crippen molar-refractivity contribution in [1.29, 1.82) is 0 Å². The topological polar surface area (TPSA) is 30.2 Å². The van der Waals surface area contributed by atoms with Gasteiger partial charge in [0.15, 0.2) is 5.65 Å². The number of hydrogen-bond acceptors (Lipinski definition) is 2. The van der Waals surface area contributed by atoms with Crippen LogP contribution in [-0.4, -0.2) is 14.6 Å². The van der Waals surface area contributed by atoms with Crippen molar-refractivity contribution in [3.05, 3.63) is 28.7 Å². The zero-order valence-corrected chi connectivity index (χ0v) is 11.5. The van der Waals surface area contributed by atoms with Crippen LogP contribution in [0.1, 0.15) is 56.3 Å². The van der Waals surface area contributed by atoms with E-state index in [1.165, 1.54) is 32.1 Å². The van der Waals surface area contributed by atoms with Crippen LogP contribution in [0.15, 0.2) is 12.1 Å². The van der Waals surface area contributed by atoms with E-state index in [0.717, 1.165) is 23.5 Å². The molecule has 0 radical (unpaired) electrons. The Morgan fingerprint density at radius 3 is 2.78 bits per heavy atom. The Morgan fingerprint density at radius 2 is 2.06 bits per heavy atom. The molecule has 18 heavy (non-hydrogen) atoms. The Balaban J connectivity index is 2.01. The average Bonchev–Trinajstić information content (AvgIpc) is 2.84. The number of fused-ring (bicyclic) bond motifs is 1. The third-order valence-electron chi connectivity index (χ3n) is 3.84. The molecular formula is C14H18ClN3. The van der Waals surface area contributed by atoms with Gasteiger partial charge in [-0.15, -0.1) is 0 Å². The molecule has 96 valence electrons. The second-order valence-electron chi connectivity index (χ2n) is 5.10. The van der Waals surface area contributed by atoms with E-state index in [0.29, 0.717) is 11.1 Å². The second kappa shape index (κ2) is 4.88. The first kappa shape index (κ1) is 12.0. The highest BCUT2D eigenvalue weighted by Gasteiger charge is 2.19. The highest BCUT2D eigenvalue weighted by Crippen LogP contribution is 2.32. The molecule has 1 saturated carbocycles. The van der Waals surface area contributed by atoms with E-state index in [1.807, 2.05) is 6.07 Å². The summed E-state index contributed by atoms with van der Waals surface area (Å²) in [7, 11) is 0. The molecule has 1 aliphatic rings. The van der Waals surface area contributed by atoms with Crippen molar-refractivity contribution in [2.75, 3.05) is 0 Å². The minimum atomic E-state index is 0.599. The normalized spacial score (nSPS) is 17.4. The third-order valence-corrected chi connectivity index (χ3v) is 4.11. The van der Waals surface area contributed by atoms with E-state index in [1.54, 1.807) is 4.52 Å². The maximum absolute atomic E-state index is 6.25. The van der Waals surface area contributed by atoms with Gasteiger partial charge < -0.3 is 0 Å². The first-order chi connectivity index (χ1) is 8.78. The number of rotatable bonds is 2. The molecule has 0 aromatic carbocycles. The van der Waals surface area contributed by atoms with Gasteiger partial charge in [-0.05, 0) is 25.3 Å². The van der Waals surface area contributed by atoms with Crippen molar-refractivity contribution >= 4 is 17.2 Å². The van der Waals surface area contributed by atoms with E-state index < -0.39 is 0 Å². The molecule has 2 heterocycles. The Hall–Kier alpha value is -1.09. The van der Waals surface area contributed by atoms with Crippen molar-refractivity contribution in [3.63, 3.8) is 0 Å². The minimum absolute atomic E-state index is 0.599. The van der Waals surface area contributed by atoms with E-state index in [2.05, 4.69) is 23.1 Å². The molecule has 0 atom stereocenters. The molecule has 1 fully saturated rings. The standard InChI is InChI=1S/C14H18ClN3/c1-2-11-8-13(15)18-14(16-11)9-12(17-18)10-6-4-3-5-7-10/h8-10H,2-7H2,1H3. The van der Waals surface area contributed by atoms with Crippen LogP contribution >= 0.6 is 11.6 Å². The number of nitrogens with zero attached hydrogens (tertiary/aromatic N) is 3. The molecule has 0 unspecified atom stereocenters. The fraction of sp³-hybridized carbons (Fsp3) is 0.571. The molecule has 0 amide bonds. The van der Waals surface area contributed by atoms with Crippen LogP contribution in [0.4, 0.5) is 0 Å². The van der Waals surface area contributed by atoms with Crippen LogP contribution in [0.25, 0.3) is 5.65 Å². The predicted octanol–water partition coefficient (Wildman–Crippen LogP) is 3.99. The molecule has 3 nitrogen and oxygen atoms in total. The Morgan fingerprint density at radius 1 is 1.28 bits per heavy atom. The van der Waals surface area contributed by atoms with Crippen molar-refractivity contribution in [1.82, 2.24) is 14.6 Å². The maximum atomic E-state index is 6.25. The van der Waals surface area contributed by atoms with Crippen LogP contribution < -0.4 is 0 Å². The second-order valence-corrected chi connectivity index (χ2v) is 5.49. The number of aryl methyl sites for hydroxylation is 1. The molecule has 4 heteroatoms. The summed E-state index contributed by atoms with van der Waals surface area (Å²) in [4.78, 5) is 4.59. The van der Waals surface area contributed by atoms with Crippen molar-refractivity contribution in [2.24, 2.45) is 0 Å². The van der Waals surface area contributed by atoms with E-state index >= 15 is 0 Å². The molecule has 0 saturated heterocycles. The Kier molecular flexibility index (Phi) is 3.25. The maximum Gasteiger partial charge on any atom is 0.157 e. The zero-order valence-electron chi connectivity index (χ0n) is 10.7. The summed E-state index contributed by atoms with van der Waals surface area (Å²) in [5.41, 5.74) is 3.08. The third kappa shape index (κ3) is 2.12. The molecule has 0 spiro atoms. The van der Waals surface area contributed by atoms with Gasteiger partial charge in [-0.2, -0.15) is 5.10 Å². The van der Waals surface area contributed by atoms with Crippen molar-refractivity contribution in [3.8, 4) is 0 Å². The molecule has 2 aromatic heterocycles. The number of halogens is 1. The molecule has 1 aliphatic carbocycles. The summed E-state index contributed by atoms with van der Waals surface area (Å²) in [5.74, 6) is 0.599. The van der Waals surface area contributed by atoms with Crippen LogP contribution in [0.2, 0.25) is 5.15 Å². The van der Waals surface area contributed by atoms with Gasteiger partial charge >= 0.3 is 0 Å². The summed E-state index contributed by atoms with van der Waals surface area (Å²) in [6.45, 7) is 2.09. The van der Waals surface area contributed by atoms with Gasteiger partial charge in [-0.3, -0.25) is 0 Å². The van der Waals surface area contributed by atoms with Crippen molar-refractivity contribution in [2.45, 2.75) is 51.4 Å². The van der Waals surface area contributed by atoms with Gasteiger partial charge in [0.05, 0.1) is 5.69 Å². The van der Waals surface area contributed by atoms with Crippen LogP contribution in [0.5, 0.6) is 0 Å². The summed E-state index contributed by atoms with van der Waals surface area (Å²) in [5, 5.41) is 5.30. The van der Waals surface area contributed by atoms with Gasteiger partial charge in [0.1, 0.15) is 5.15 Å². The fourth-order valence-electron chi connectivity index (χ4n) is 2.78. The van der Waals surface area contributed by atoms with Gasteiger partial charge in [-0.1, -0.05) is 37.8 Å². The first-order valence-electron chi connectivity index (χ1n) is 6.83. The monoisotopic (exact) mass is 263 g/mol. The average molecular weight is 264 g/mol. The molecular weight excluding hydrogens is 246 g/mol.